The number of rotatable bonds is 3. The number of carbonyl (C=O) groups excluding carboxylic acids is 1. The number of imidazole rings is 1. The first kappa shape index (κ1) is 27.3. The van der Waals surface area contributed by atoms with E-state index in [9.17, 15) is 9.90 Å². The van der Waals surface area contributed by atoms with Gasteiger partial charge in [-0.1, -0.05) is 65.1 Å². The quantitative estimate of drug-likeness (QED) is 0.443. The zero-order valence-electron chi connectivity index (χ0n) is 16.3. The average Bonchev–Trinajstić information content (AvgIpc) is 3.16. The Morgan fingerprint density at radius 3 is 2.23 bits per heavy atom. The molecule has 0 N–H and O–H groups in total. The van der Waals surface area contributed by atoms with Gasteiger partial charge in [0.05, 0.1) is 5.69 Å². The minimum Gasteiger partial charge on any atom is -1.00 e. The summed E-state index contributed by atoms with van der Waals surface area (Å²) in [6.45, 7) is 4.00. The fourth-order valence-corrected chi connectivity index (χ4v) is 3.86. The first-order valence-corrected chi connectivity index (χ1v) is 10.3. The second-order valence-electron chi connectivity index (χ2n) is 5.91. The summed E-state index contributed by atoms with van der Waals surface area (Å²) in [4.78, 5) is 18.6. The van der Waals surface area contributed by atoms with Crippen molar-refractivity contribution in [3.63, 3.8) is 0 Å². The first-order valence-electron chi connectivity index (χ1n) is 8.73. The maximum absolute atomic E-state index is 13.1. The van der Waals surface area contributed by atoms with Crippen LogP contribution in [-0.2, 0) is 11.2 Å². The van der Waals surface area contributed by atoms with Gasteiger partial charge >= 0.3 is 23.1 Å². The SMILES string of the molecule is CC.O=C1C(Cc2ccc(Br)cc2)n2c([O-])cnc2N1c1cc(Cl)cc(Cl)c1.[Br-].[Mg+2]. The van der Waals surface area contributed by atoms with E-state index in [0.717, 1.165) is 10.0 Å². The molecule has 1 amide bonds. The Kier molecular flexibility index (Phi) is 10.7. The Bertz CT molecular complexity index is 996. The maximum Gasteiger partial charge on any atom is 2.00 e. The molecule has 30 heavy (non-hydrogen) atoms. The number of fused-ring (bicyclic) bond motifs is 1. The van der Waals surface area contributed by atoms with Gasteiger partial charge in [-0.15, -0.1) is 0 Å². The average molecular weight is 586 g/mol. The van der Waals surface area contributed by atoms with Crippen LogP contribution in [0.2, 0.25) is 10.0 Å². The molecule has 0 radical (unpaired) electrons. The molecule has 4 rings (SSSR count). The fourth-order valence-electron chi connectivity index (χ4n) is 3.09. The summed E-state index contributed by atoms with van der Waals surface area (Å²) in [5.41, 5.74) is 1.43. The van der Waals surface area contributed by atoms with E-state index in [1.165, 1.54) is 15.7 Å². The summed E-state index contributed by atoms with van der Waals surface area (Å²) in [6.07, 6.45) is 1.60. The standard InChI is InChI=1S/C18H12BrCl2N3O2.C2H6.BrH.Mg/c19-11-3-1-10(2-4-11)5-15-17(26)23(18-22-9-16(25)24(15)18)14-7-12(20)6-13(21)8-14;1-2;;/h1-4,6-9,15,25H,5H2;1-2H3;1H;/q;;;+2/p-2. The summed E-state index contributed by atoms with van der Waals surface area (Å²) in [6, 6.07) is 11.8. The Morgan fingerprint density at radius 2 is 1.67 bits per heavy atom. The summed E-state index contributed by atoms with van der Waals surface area (Å²) in [5, 5.41) is 13.1. The number of hydrogen-bond donors (Lipinski definition) is 0. The van der Waals surface area contributed by atoms with Crippen LogP contribution in [0, 0.1) is 0 Å². The van der Waals surface area contributed by atoms with Crippen LogP contribution in [0.5, 0.6) is 5.88 Å². The molecule has 1 unspecified atom stereocenters. The second kappa shape index (κ2) is 11.7. The predicted molar refractivity (Wildman–Crippen MR) is 119 cm³/mol. The number of hydrogen-bond acceptors (Lipinski definition) is 3. The third-order valence-corrected chi connectivity index (χ3v) is 5.17. The molecule has 2 aromatic carbocycles. The van der Waals surface area contributed by atoms with Gasteiger partial charge in [0.1, 0.15) is 6.04 Å². The van der Waals surface area contributed by atoms with Gasteiger partial charge in [-0.05, 0) is 41.8 Å². The molecule has 3 aromatic rings. The van der Waals surface area contributed by atoms with Crippen LogP contribution in [0.3, 0.4) is 0 Å². The van der Waals surface area contributed by atoms with Crippen molar-refractivity contribution in [1.82, 2.24) is 9.55 Å². The van der Waals surface area contributed by atoms with E-state index in [4.69, 9.17) is 23.2 Å². The molecule has 0 saturated heterocycles. The van der Waals surface area contributed by atoms with Gasteiger partial charge in [-0.3, -0.25) is 4.79 Å². The van der Waals surface area contributed by atoms with Crippen LogP contribution in [0.1, 0.15) is 25.5 Å². The summed E-state index contributed by atoms with van der Waals surface area (Å²) in [7, 11) is 0. The van der Waals surface area contributed by atoms with E-state index in [0.29, 0.717) is 22.2 Å². The van der Waals surface area contributed by atoms with Crippen molar-refractivity contribution in [1.29, 1.82) is 0 Å². The van der Waals surface area contributed by atoms with Crippen molar-refractivity contribution in [2.75, 3.05) is 4.90 Å². The normalized spacial score (nSPS) is 14.2. The largest absolute Gasteiger partial charge is 2.00 e. The molecule has 154 valence electrons. The van der Waals surface area contributed by atoms with Crippen molar-refractivity contribution in [2.24, 2.45) is 0 Å². The van der Waals surface area contributed by atoms with Crippen LogP contribution in [-0.4, -0.2) is 38.5 Å². The van der Waals surface area contributed by atoms with Gasteiger partial charge in [0.15, 0.2) is 0 Å². The molecule has 0 aliphatic carbocycles. The van der Waals surface area contributed by atoms with Crippen molar-refractivity contribution < 1.29 is 26.9 Å². The van der Waals surface area contributed by atoms with Crippen LogP contribution in [0.4, 0.5) is 11.6 Å². The van der Waals surface area contributed by atoms with Gasteiger partial charge in [-0.25, -0.2) is 9.88 Å². The Morgan fingerprint density at radius 1 is 1.10 bits per heavy atom. The van der Waals surface area contributed by atoms with Crippen LogP contribution in [0.15, 0.2) is 53.1 Å². The van der Waals surface area contributed by atoms with Crippen molar-refractivity contribution in [3.8, 4) is 5.88 Å². The molecule has 1 aliphatic rings. The number of aromatic nitrogens is 2. The molecule has 1 atom stereocenters. The first-order chi connectivity index (χ1) is 13.4. The molecule has 0 spiro atoms. The van der Waals surface area contributed by atoms with E-state index >= 15 is 0 Å². The smallest absolute Gasteiger partial charge is 1.00 e. The summed E-state index contributed by atoms with van der Waals surface area (Å²) < 4.78 is 2.36. The second-order valence-corrected chi connectivity index (χ2v) is 7.70. The topological polar surface area (TPSA) is 61.2 Å². The van der Waals surface area contributed by atoms with Gasteiger partial charge in [0.2, 0.25) is 5.95 Å². The van der Waals surface area contributed by atoms with E-state index < -0.39 is 6.04 Å². The zero-order valence-corrected chi connectivity index (χ0v) is 22.4. The summed E-state index contributed by atoms with van der Waals surface area (Å²) in [5.74, 6) is -0.280. The fraction of sp³-hybridized carbons (Fsp3) is 0.200. The number of benzene rings is 2. The van der Waals surface area contributed by atoms with Crippen LogP contribution in [0.25, 0.3) is 0 Å². The van der Waals surface area contributed by atoms with E-state index in [1.54, 1.807) is 18.2 Å². The van der Waals surface area contributed by atoms with Crippen molar-refractivity contribution >= 4 is 79.7 Å². The molecule has 1 aromatic heterocycles. The Hall–Kier alpha value is -0.774. The van der Waals surface area contributed by atoms with E-state index in [1.807, 2.05) is 38.1 Å². The molecular formula is C20H17Br2Cl2MgN3O2. The van der Waals surface area contributed by atoms with Crippen molar-refractivity contribution in [2.45, 2.75) is 26.3 Å². The summed E-state index contributed by atoms with van der Waals surface area (Å²) >= 11 is 15.5. The van der Waals surface area contributed by atoms with Gasteiger partial charge < -0.3 is 26.7 Å². The number of halogens is 4. The molecule has 2 heterocycles. The Balaban J connectivity index is 0.00000109. The third-order valence-electron chi connectivity index (χ3n) is 4.21. The number of nitrogens with zero attached hydrogens (tertiary/aromatic N) is 3. The minimum atomic E-state index is -0.668. The van der Waals surface area contributed by atoms with Gasteiger partial charge in [0.25, 0.3) is 5.91 Å². The zero-order chi connectivity index (χ0) is 20.4. The third kappa shape index (κ3) is 5.52. The molecule has 1 aliphatic heterocycles. The van der Waals surface area contributed by atoms with Gasteiger partial charge in [0, 0.05) is 27.1 Å². The number of carbonyl (C=O) groups is 1. The number of amides is 1. The van der Waals surface area contributed by atoms with Crippen LogP contribution < -0.4 is 27.0 Å². The number of anilines is 2. The van der Waals surface area contributed by atoms with Gasteiger partial charge in [-0.2, -0.15) is 0 Å². The molecule has 0 bridgehead atoms. The van der Waals surface area contributed by atoms with E-state index in [2.05, 4.69) is 20.9 Å². The van der Waals surface area contributed by atoms with Crippen molar-refractivity contribution in [3.05, 3.63) is 68.7 Å². The molecule has 0 fully saturated rings. The Labute approximate surface area is 220 Å². The van der Waals surface area contributed by atoms with E-state index in [-0.39, 0.29) is 57.8 Å². The van der Waals surface area contributed by atoms with Crippen LogP contribution >= 0.6 is 39.1 Å². The molecule has 5 nitrogen and oxygen atoms in total. The maximum atomic E-state index is 13.1. The minimum absolute atomic E-state index is 0. The molecule has 0 saturated carbocycles. The predicted octanol–water partition coefficient (Wildman–Crippen LogP) is 2.14. The molecule has 10 heteroatoms. The molecular weight excluding hydrogens is 569 g/mol. The monoisotopic (exact) mass is 583 g/mol.